The Kier molecular flexibility index (Phi) is 37.2. The summed E-state index contributed by atoms with van der Waals surface area (Å²) in [6.45, 7) is 15.2. The molecule has 0 bridgehead atoms. The van der Waals surface area contributed by atoms with Gasteiger partial charge in [0.15, 0.2) is 0 Å². The molecule has 0 saturated carbocycles. The van der Waals surface area contributed by atoms with Gasteiger partial charge in [-0.2, -0.15) is 6.42 Å². The van der Waals surface area contributed by atoms with E-state index in [0.29, 0.717) is 12.0 Å². The average molecular weight is 540 g/mol. The molecule has 1 aromatic rings. The van der Waals surface area contributed by atoms with Gasteiger partial charge in [-0.05, 0) is 39.3 Å². The van der Waals surface area contributed by atoms with Gasteiger partial charge >= 0.3 is 57.4 Å². The molecule has 0 saturated heterocycles. The quantitative estimate of drug-likeness (QED) is 0.109. The summed E-state index contributed by atoms with van der Waals surface area (Å²) in [6.07, 6.45) is 24.5. The van der Waals surface area contributed by atoms with Crippen molar-refractivity contribution in [2.24, 2.45) is 5.41 Å². The molecule has 0 amide bonds. The summed E-state index contributed by atoms with van der Waals surface area (Å²) in [6, 6.07) is 8.30. The summed E-state index contributed by atoms with van der Waals surface area (Å²) in [4.78, 5) is 9.82. The number of unbranched alkanes of at least 4 members (excludes halogenated alkanes) is 6. The number of terminal acetylenes is 1. The summed E-state index contributed by atoms with van der Waals surface area (Å²) < 4.78 is 10.1. The van der Waals surface area contributed by atoms with Gasteiger partial charge < -0.3 is 23.0 Å². The van der Waals surface area contributed by atoms with Crippen molar-refractivity contribution in [1.82, 2.24) is 0 Å². The first-order chi connectivity index (χ1) is 16.7. The van der Waals surface area contributed by atoms with Crippen LogP contribution in [-0.4, -0.2) is 19.2 Å². The Bertz CT molecular complexity index is 672. The first-order valence-electron chi connectivity index (χ1n) is 13.5. The van der Waals surface area contributed by atoms with Crippen LogP contribution in [0.2, 0.25) is 0 Å². The minimum Gasteiger partial charge on any atom is -0.500 e. The van der Waals surface area contributed by atoms with Crippen LogP contribution in [0.1, 0.15) is 118 Å². The van der Waals surface area contributed by atoms with Crippen molar-refractivity contribution in [3.8, 4) is 18.1 Å². The van der Waals surface area contributed by atoms with E-state index in [4.69, 9.17) is 4.74 Å². The standard InChI is InChI=1S/C16H26O.C9H15.C4H8O2.C3H4.CH3.K/c1-3-4-5-6-7-8-9-14-17-16-12-10-15(2)11-13-16;1-9(2)7-5-3-4-6-8-9;1-3-6-4(2)5;1-3-2;;/h10-13H,3-9,14H2,1-2H3;3H,4,6-8H2,1-2H3;3H2,1-2H3;1H,2H3;1H3;/q;-1;;;-1;+1. The van der Waals surface area contributed by atoms with Gasteiger partial charge in [0.05, 0.1) is 13.2 Å². The number of hydrogen-bond donors (Lipinski definition) is 0. The Balaban J connectivity index is -0.000000230. The van der Waals surface area contributed by atoms with Crippen molar-refractivity contribution >= 4 is 5.97 Å². The molecule has 0 spiro atoms. The van der Waals surface area contributed by atoms with Crippen molar-refractivity contribution in [3.63, 3.8) is 0 Å². The van der Waals surface area contributed by atoms with Crippen LogP contribution in [-0.2, 0) is 9.53 Å². The molecule has 208 valence electrons. The molecule has 1 aliphatic rings. The molecule has 1 aliphatic carbocycles. The van der Waals surface area contributed by atoms with Crippen LogP contribution in [0.15, 0.2) is 30.3 Å². The second kappa shape index (κ2) is 31.6. The number of esters is 1. The van der Waals surface area contributed by atoms with Gasteiger partial charge in [0.1, 0.15) is 5.75 Å². The van der Waals surface area contributed by atoms with E-state index in [-0.39, 0.29) is 64.8 Å². The fourth-order valence-electron chi connectivity index (χ4n) is 3.31. The summed E-state index contributed by atoms with van der Waals surface area (Å²) >= 11 is 0. The van der Waals surface area contributed by atoms with Crippen molar-refractivity contribution in [1.29, 1.82) is 0 Å². The van der Waals surface area contributed by atoms with Crippen LogP contribution in [0.25, 0.3) is 0 Å². The van der Waals surface area contributed by atoms with Gasteiger partial charge in [0.2, 0.25) is 0 Å². The van der Waals surface area contributed by atoms with E-state index in [1.165, 1.54) is 76.7 Å². The van der Waals surface area contributed by atoms with E-state index >= 15 is 0 Å². The van der Waals surface area contributed by atoms with Crippen LogP contribution in [0.5, 0.6) is 5.75 Å². The van der Waals surface area contributed by atoms with Crippen molar-refractivity contribution < 1.29 is 65.7 Å². The predicted molar refractivity (Wildman–Crippen MR) is 158 cm³/mol. The Morgan fingerprint density at radius 2 is 1.59 bits per heavy atom. The summed E-state index contributed by atoms with van der Waals surface area (Å²) in [5.74, 6) is 3.04. The second-order valence-electron chi connectivity index (χ2n) is 9.64. The zero-order chi connectivity index (χ0) is 26.8. The third kappa shape index (κ3) is 35.4. The van der Waals surface area contributed by atoms with E-state index in [2.05, 4.69) is 81.2 Å². The van der Waals surface area contributed by atoms with Crippen molar-refractivity contribution in [3.05, 3.63) is 49.4 Å². The first kappa shape index (κ1) is 43.5. The SMILES string of the molecule is C#CC.CC1(C)C[C-]=CCCC1.CCCCCCCCCOc1ccc(C)cc1.CCOC(C)=O.[CH3-].[K+]. The molecule has 1 aromatic carbocycles. The third-order valence-corrected chi connectivity index (χ3v) is 5.31. The number of hydrogen-bond acceptors (Lipinski definition) is 3. The van der Waals surface area contributed by atoms with Crippen LogP contribution >= 0.6 is 0 Å². The molecule has 3 nitrogen and oxygen atoms in total. The van der Waals surface area contributed by atoms with Crippen LogP contribution < -0.4 is 56.1 Å². The Hall–Kier alpha value is -0.574. The average Bonchev–Trinajstić information content (AvgIpc) is 3.01. The van der Waals surface area contributed by atoms with Crippen molar-refractivity contribution in [2.45, 2.75) is 119 Å². The van der Waals surface area contributed by atoms with Gasteiger partial charge in [-0.15, -0.1) is 12.3 Å². The molecule has 0 atom stereocenters. The molecule has 0 heterocycles. The fourth-order valence-corrected chi connectivity index (χ4v) is 3.31. The van der Waals surface area contributed by atoms with E-state index in [0.717, 1.165) is 18.8 Å². The maximum Gasteiger partial charge on any atom is 1.00 e. The third-order valence-electron chi connectivity index (χ3n) is 5.31. The molecule has 0 aromatic heterocycles. The van der Waals surface area contributed by atoms with E-state index in [1.54, 1.807) is 13.8 Å². The molecule has 37 heavy (non-hydrogen) atoms. The van der Waals surface area contributed by atoms with Crippen molar-refractivity contribution in [2.75, 3.05) is 13.2 Å². The summed E-state index contributed by atoms with van der Waals surface area (Å²) in [7, 11) is 0. The second-order valence-corrected chi connectivity index (χ2v) is 9.64. The maximum absolute atomic E-state index is 9.82. The summed E-state index contributed by atoms with van der Waals surface area (Å²) in [5, 5.41) is 0. The molecular formula is C33H56KO3-. The largest absolute Gasteiger partial charge is 1.00 e. The molecule has 0 fully saturated rings. The minimum absolute atomic E-state index is 0. The van der Waals surface area contributed by atoms with E-state index in [9.17, 15) is 4.79 Å². The molecular weight excluding hydrogens is 483 g/mol. The molecule has 4 heteroatoms. The number of carbonyl (C=O) groups is 1. The fraction of sp³-hybridized carbons (Fsp3) is 0.636. The monoisotopic (exact) mass is 539 g/mol. The van der Waals surface area contributed by atoms with Gasteiger partial charge in [0.25, 0.3) is 0 Å². The van der Waals surface area contributed by atoms with Gasteiger partial charge in [0, 0.05) is 6.92 Å². The number of benzene rings is 1. The number of ether oxygens (including phenoxy) is 2. The Morgan fingerprint density at radius 1 is 1.05 bits per heavy atom. The van der Waals surface area contributed by atoms with Gasteiger partial charge in [-0.3, -0.25) is 10.9 Å². The molecule has 0 unspecified atom stereocenters. The van der Waals surface area contributed by atoms with Crippen LogP contribution in [0.3, 0.4) is 0 Å². The zero-order valence-corrected chi connectivity index (χ0v) is 29.0. The van der Waals surface area contributed by atoms with E-state index < -0.39 is 0 Å². The first-order valence-corrected chi connectivity index (χ1v) is 13.5. The topological polar surface area (TPSA) is 35.5 Å². The molecule has 0 radical (unpaired) electrons. The molecule has 2 rings (SSSR count). The molecule has 0 N–H and O–H groups in total. The smallest absolute Gasteiger partial charge is 0.500 e. The van der Waals surface area contributed by atoms with E-state index in [1.807, 2.05) is 0 Å². The minimum atomic E-state index is -0.211. The number of rotatable bonds is 10. The van der Waals surface area contributed by atoms with Gasteiger partial charge in [-0.25, -0.2) is 0 Å². The van der Waals surface area contributed by atoms with Crippen LogP contribution in [0, 0.1) is 38.2 Å². The molecule has 0 aliphatic heterocycles. The van der Waals surface area contributed by atoms with Crippen LogP contribution in [0.4, 0.5) is 0 Å². The Labute approximate surface area is 274 Å². The Morgan fingerprint density at radius 3 is 2.08 bits per heavy atom. The zero-order valence-electron chi connectivity index (χ0n) is 25.9. The number of carbonyl (C=O) groups excluding carboxylic acids is 1. The van der Waals surface area contributed by atoms with Gasteiger partial charge in [-0.1, -0.05) is 102 Å². The normalized spacial score (nSPS) is 12.5. The predicted octanol–water partition coefficient (Wildman–Crippen LogP) is 6.73. The summed E-state index contributed by atoms with van der Waals surface area (Å²) in [5.41, 5.74) is 1.81. The maximum atomic E-state index is 9.82. The number of aryl methyl sites for hydroxylation is 1. The number of allylic oxidation sites excluding steroid dienone is 2.